The second kappa shape index (κ2) is 6.40. The lowest BCUT2D eigenvalue weighted by atomic mass is 10.0. The third-order valence-corrected chi connectivity index (χ3v) is 4.49. The number of pyridine rings is 1. The van der Waals surface area contributed by atoms with E-state index in [0.717, 1.165) is 38.8 Å². The van der Waals surface area contributed by atoms with Gasteiger partial charge in [-0.2, -0.15) is 0 Å². The average molecular weight is 330 g/mol. The Bertz CT molecular complexity index is 1070. The van der Waals surface area contributed by atoms with Crippen molar-refractivity contribution in [3.8, 4) is 11.4 Å². The predicted molar refractivity (Wildman–Crippen MR) is 99.6 cm³/mol. The summed E-state index contributed by atoms with van der Waals surface area (Å²) in [7, 11) is 0. The first-order valence-corrected chi connectivity index (χ1v) is 8.40. The summed E-state index contributed by atoms with van der Waals surface area (Å²) < 4.78 is 0. The second-order valence-corrected chi connectivity index (χ2v) is 6.16. The highest BCUT2D eigenvalue weighted by atomic mass is 16.4. The minimum atomic E-state index is -0.759. The highest BCUT2D eigenvalue weighted by Gasteiger charge is 2.14. The number of hydrogen-bond donors (Lipinski definition) is 2. The largest absolute Gasteiger partial charge is 0.481 e. The summed E-state index contributed by atoms with van der Waals surface area (Å²) >= 11 is 0. The van der Waals surface area contributed by atoms with E-state index >= 15 is 0 Å². The molecule has 0 saturated carbocycles. The zero-order valence-electron chi connectivity index (χ0n) is 13.7. The summed E-state index contributed by atoms with van der Waals surface area (Å²) in [4.78, 5) is 19.1. The van der Waals surface area contributed by atoms with Gasteiger partial charge in [0.15, 0.2) is 0 Å². The number of para-hydroxylation sites is 2. The molecule has 0 fully saturated rings. The molecule has 124 valence electrons. The molecule has 4 nitrogen and oxygen atoms in total. The maximum atomic E-state index is 10.9. The van der Waals surface area contributed by atoms with Crippen molar-refractivity contribution in [1.82, 2.24) is 9.97 Å². The van der Waals surface area contributed by atoms with E-state index in [1.807, 2.05) is 48.5 Å². The van der Waals surface area contributed by atoms with Gasteiger partial charge in [-0.05, 0) is 36.6 Å². The number of fused-ring (bicyclic) bond motifs is 2. The number of rotatable bonds is 5. The number of aryl methyl sites for hydroxylation is 1. The quantitative estimate of drug-likeness (QED) is 0.553. The molecule has 0 spiro atoms. The van der Waals surface area contributed by atoms with Gasteiger partial charge in [0.05, 0.1) is 16.9 Å². The van der Waals surface area contributed by atoms with Gasteiger partial charge in [-0.15, -0.1) is 0 Å². The summed E-state index contributed by atoms with van der Waals surface area (Å²) in [5.74, 6) is -0.759. The molecule has 2 N–H and O–H groups in total. The first kappa shape index (κ1) is 15.4. The molecule has 0 bridgehead atoms. The van der Waals surface area contributed by atoms with Gasteiger partial charge >= 0.3 is 5.97 Å². The van der Waals surface area contributed by atoms with Crippen LogP contribution in [0.4, 0.5) is 0 Å². The summed E-state index contributed by atoms with van der Waals surface area (Å²) in [5.41, 5.74) is 5.02. The van der Waals surface area contributed by atoms with Crippen LogP contribution in [0.2, 0.25) is 0 Å². The summed E-state index contributed by atoms with van der Waals surface area (Å²) in [6.07, 6.45) is 1.49. The van der Waals surface area contributed by atoms with Gasteiger partial charge in [0.1, 0.15) is 0 Å². The molecule has 0 aliphatic carbocycles. The molecule has 0 radical (unpaired) electrons. The molecule has 0 unspecified atom stereocenters. The van der Waals surface area contributed by atoms with Crippen molar-refractivity contribution in [3.63, 3.8) is 0 Å². The van der Waals surface area contributed by atoms with Crippen LogP contribution in [0.3, 0.4) is 0 Å². The molecule has 4 heteroatoms. The van der Waals surface area contributed by atoms with Crippen molar-refractivity contribution in [3.05, 3.63) is 66.2 Å². The van der Waals surface area contributed by atoms with Crippen LogP contribution in [0, 0.1) is 0 Å². The predicted octanol–water partition coefficient (Wildman–Crippen LogP) is 4.79. The Labute approximate surface area is 145 Å². The Balaban J connectivity index is 1.82. The Hall–Kier alpha value is -3.14. The Morgan fingerprint density at radius 1 is 1.00 bits per heavy atom. The number of carboxylic acid groups (broad SMARTS) is 1. The monoisotopic (exact) mass is 330 g/mol. The zero-order valence-corrected chi connectivity index (χ0v) is 13.7. The maximum Gasteiger partial charge on any atom is 0.303 e. The van der Waals surface area contributed by atoms with Gasteiger partial charge in [0, 0.05) is 22.7 Å². The molecule has 4 aromatic rings. The number of hydrogen-bond acceptors (Lipinski definition) is 2. The van der Waals surface area contributed by atoms with Crippen LogP contribution in [0.5, 0.6) is 0 Å². The fraction of sp³-hybridized carbons (Fsp3) is 0.143. The number of H-pyrrole nitrogens is 1. The highest BCUT2D eigenvalue weighted by molar-refractivity contribution is 5.91. The van der Waals surface area contributed by atoms with Gasteiger partial charge in [-0.25, -0.2) is 4.98 Å². The van der Waals surface area contributed by atoms with Crippen LogP contribution in [-0.4, -0.2) is 21.0 Å². The van der Waals surface area contributed by atoms with Gasteiger partial charge in [-0.3, -0.25) is 4.79 Å². The molecule has 2 heterocycles. The molecule has 0 aliphatic rings. The van der Waals surface area contributed by atoms with Crippen LogP contribution < -0.4 is 0 Å². The van der Waals surface area contributed by atoms with Crippen molar-refractivity contribution in [2.75, 3.05) is 0 Å². The molecular weight excluding hydrogens is 312 g/mol. The number of aliphatic carboxylic acids is 1. The standard InChI is InChI=1S/C21H18N2O2/c24-20(25)11-5-8-16-15-7-2-4-10-18(15)23-21(16)19-13-12-14-6-1-3-9-17(14)22-19/h1-4,6-7,9-10,12-13,23H,5,8,11H2,(H,24,25). The smallest absolute Gasteiger partial charge is 0.303 e. The Morgan fingerprint density at radius 2 is 1.80 bits per heavy atom. The maximum absolute atomic E-state index is 10.9. The van der Waals surface area contributed by atoms with Crippen LogP contribution in [0.15, 0.2) is 60.7 Å². The Kier molecular flexibility index (Phi) is 3.94. The van der Waals surface area contributed by atoms with E-state index in [1.54, 1.807) is 0 Å². The zero-order chi connectivity index (χ0) is 17.2. The van der Waals surface area contributed by atoms with E-state index in [-0.39, 0.29) is 6.42 Å². The third-order valence-electron chi connectivity index (χ3n) is 4.49. The minimum Gasteiger partial charge on any atom is -0.481 e. The molecule has 4 rings (SSSR count). The number of nitrogens with one attached hydrogen (secondary N) is 1. The van der Waals surface area contributed by atoms with E-state index in [9.17, 15) is 4.79 Å². The van der Waals surface area contributed by atoms with E-state index < -0.39 is 5.97 Å². The van der Waals surface area contributed by atoms with Gasteiger partial charge < -0.3 is 10.1 Å². The number of nitrogens with zero attached hydrogens (tertiary/aromatic N) is 1. The molecule has 0 saturated heterocycles. The second-order valence-electron chi connectivity index (χ2n) is 6.16. The number of carbonyl (C=O) groups is 1. The summed E-state index contributed by atoms with van der Waals surface area (Å²) in [6, 6.07) is 20.3. The van der Waals surface area contributed by atoms with Crippen LogP contribution in [0.1, 0.15) is 18.4 Å². The molecule has 2 aromatic heterocycles. The molecule has 0 aliphatic heterocycles. The molecule has 0 amide bonds. The van der Waals surface area contributed by atoms with E-state index in [2.05, 4.69) is 17.1 Å². The number of aromatic nitrogens is 2. The van der Waals surface area contributed by atoms with Crippen LogP contribution in [0.25, 0.3) is 33.2 Å². The number of carboxylic acids is 1. The number of aromatic amines is 1. The molecule has 2 aromatic carbocycles. The van der Waals surface area contributed by atoms with Crippen molar-refractivity contribution >= 4 is 27.8 Å². The Morgan fingerprint density at radius 3 is 2.68 bits per heavy atom. The summed E-state index contributed by atoms with van der Waals surface area (Å²) in [6.45, 7) is 0. The van der Waals surface area contributed by atoms with Crippen molar-refractivity contribution in [1.29, 1.82) is 0 Å². The first-order chi connectivity index (χ1) is 12.2. The lowest BCUT2D eigenvalue weighted by Gasteiger charge is -2.06. The fourth-order valence-electron chi connectivity index (χ4n) is 3.30. The third kappa shape index (κ3) is 2.98. The summed E-state index contributed by atoms with van der Waals surface area (Å²) in [5, 5.41) is 11.2. The van der Waals surface area contributed by atoms with E-state index in [0.29, 0.717) is 12.8 Å². The lowest BCUT2D eigenvalue weighted by Crippen LogP contribution is -1.97. The van der Waals surface area contributed by atoms with E-state index in [4.69, 9.17) is 10.1 Å². The first-order valence-electron chi connectivity index (χ1n) is 8.40. The topological polar surface area (TPSA) is 66.0 Å². The highest BCUT2D eigenvalue weighted by Crippen LogP contribution is 2.31. The SMILES string of the molecule is O=C(O)CCCc1c(-c2ccc3ccccc3n2)[nH]c2ccccc12. The minimum absolute atomic E-state index is 0.171. The lowest BCUT2D eigenvalue weighted by molar-refractivity contribution is -0.137. The average Bonchev–Trinajstić information content (AvgIpc) is 3.00. The van der Waals surface area contributed by atoms with Gasteiger partial charge in [0.25, 0.3) is 0 Å². The van der Waals surface area contributed by atoms with Crippen molar-refractivity contribution < 1.29 is 9.90 Å². The van der Waals surface area contributed by atoms with Crippen LogP contribution in [-0.2, 0) is 11.2 Å². The van der Waals surface area contributed by atoms with E-state index in [1.165, 1.54) is 0 Å². The van der Waals surface area contributed by atoms with Crippen molar-refractivity contribution in [2.24, 2.45) is 0 Å². The van der Waals surface area contributed by atoms with Gasteiger partial charge in [0.2, 0.25) is 0 Å². The van der Waals surface area contributed by atoms with Crippen LogP contribution >= 0.6 is 0 Å². The molecular formula is C21H18N2O2. The van der Waals surface area contributed by atoms with Crippen molar-refractivity contribution in [2.45, 2.75) is 19.3 Å². The normalized spacial score (nSPS) is 11.2. The molecule has 25 heavy (non-hydrogen) atoms. The number of benzene rings is 2. The molecule has 0 atom stereocenters. The fourth-order valence-corrected chi connectivity index (χ4v) is 3.30. The van der Waals surface area contributed by atoms with Gasteiger partial charge in [-0.1, -0.05) is 42.5 Å².